The third kappa shape index (κ3) is 1.90. The van der Waals surface area contributed by atoms with Crippen molar-refractivity contribution in [1.29, 1.82) is 0 Å². The summed E-state index contributed by atoms with van der Waals surface area (Å²) in [5.74, 6) is 0.232. The number of oxime groups is 1. The van der Waals surface area contributed by atoms with Gasteiger partial charge in [0.2, 0.25) is 5.16 Å². The highest BCUT2D eigenvalue weighted by Crippen LogP contribution is 2.50. The van der Waals surface area contributed by atoms with Gasteiger partial charge < -0.3 is 4.84 Å². The summed E-state index contributed by atoms with van der Waals surface area (Å²) >= 11 is 1.29. The molecule has 2 aliphatic rings. The average Bonchev–Trinajstić information content (AvgIpc) is 3.31. The van der Waals surface area contributed by atoms with Gasteiger partial charge in [0, 0.05) is 5.56 Å². The third-order valence-electron chi connectivity index (χ3n) is 4.37. The second-order valence-corrected chi connectivity index (χ2v) is 7.08. The van der Waals surface area contributed by atoms with Gasteiger partial charge in [-0.1, -0.05) is 53.7 Å². The van der Waals surface area contributed by atoms with Crippen molar-refractivity contribution in [2.45, 2.75) is 17.0 Å². The first kappa shape index (κ1) is 15.2. The number of benzene rings is 2. The summed E-state index contributed by atoms with van der Waals surface area (Å²) in [4.78, 5) is 17.0. The van der Waals surface area contributed by atoms with Crippen LogP contribution in [0.15, 0.2) is 71.0 Å². The van der Waals surface area contributed by atoms with Gasteiger partial charge in [0.05, 0.1) is 5.69 Å². The predicted octanol–water partition coefficient (Wildman–Crippen LogP) is 2.62. The predicted molar refractivity (Wildman–Crippen MR) is 96.7 cm³/mol. The van der Waals surface area contributed by atoms with Crippen LogP contribution in [0, 0.1) is 6.92 Å². The molecule has 1 spiro atoms. The lowest BCUT2D eigenvalue weighted by atomic mass is 10.0. The van der Waals surface area contributed by atoms with Crippen LogP contribution in [0.3, 0.4) is 0 Å². The zero-order valence-electron chi connectivity index (χ0n) is 13.7. The van der Waals surface area contributed by atoms with Crippen LogP contribution in [0.5, 0.6) is 0 Å². The number of aryl methyl sites for hydroxylation is 1. The minimum atomic E-state index is -1.18. The summed E-state index contributed by atoms with van der Waals surface area (Å²) in [6, 6.07) is 19.2. The Morgan fingerprint density at radius 3 is 2.42 bits per heavy atom. The number of rotatable bonds is 2. The number of anilines is 1. The molecule has 8 heteroatoms. The zero-order valence-corrected chi connectivity index (χ0v) is 14.6. The van der Waals surface area contributed by atoms with Gasteiger partial charge in [-0.05, 0) is 30.8 Å². The van der Waals surface area contributed by atoms with Gasteiger partial charge in [-0.15, -0.1) is 10.2 Å². The van der Waals surface area contributed by atoms with Crippen molar-refractivity contribution < 1.29 is 9.63 Å². The number of aromatic nitrogens is 3. The van der Waals surface area contributed by atoms with Crippen molar-refractivity contribution in [2.24, 2.45) is 5.16 Å². The number of carbonyl (C=O) groups is 1. The zero-order chi connectivity index (χ0) is 17.7. The summed E-state index contributed by atoms with van der Waals surface area (Å²) in [5.41, 5.74) is 2.19. The number of carbonyl (C=O) groups excluding carboxylic acids is 1. The number of hydrogen-bond donors (Lipinski definition) is 0. The van der Waals surface area contributed by atoms with Crippen LogP contribution in [-0.4, -0.2) is 31.4 Å². The molecule has 3 aromatic rings. The quantitative estimate of drug-likeness (QED) is 0.652. The van der Waals surface area contributed by atoms with Crippen molar-refractivity contribution in [1.82, 2.24) is 14.9 Å². The van der Waals surface area contributed by atoms with Gasteiger partial charge in [-0.2, -0.15) is 0 Å². The number of thioether (sulfide) groups is 1. The van der Waals surface area contributed by atoms with Gasteiger partial charge in [0.1, 0.15) is 5.71 Å². The molecule has 5 rings (SSSR count). The normalized spacial score (nSPS) is 21.0. The number of para-hydroxylation sites is 1. The molecule has 0 fully saturated rings. The first-order valence-electron chi connectivity index (χ1n) is 8.04. The molecule has 2 aromatic carbocycles. The van der Waals surface area contributed by atoms with Crippen LogP contribution in [-0.2, 0) is 9.63 Å². The van der Waals surface area contributed by atoms with E-state index in [1.807, 2.05) is 77.3 Å². The average molecular weight is 363 g/mol. The van der Waals surface area contributed by atoms with Crippen molar-refractivity contribution in [3.63, 3.8) is 0 Å². The van der Waals surface area contributed by atoms with Crippen LogP contribution in [0.1, 0.15) is 11.4 Å². The van der Waals surface area contributed by atoms with E-state index in [9.17, 15) is 4.79 Å². The molecule has 0 aliphatic carbocycles. The molecule has 3 heterocycles. The van der Waals surface area contributed by atoms with E-state index in [2.05, 4.69) is 15.4 Å². The summed E-state index contributed by atoms with van der Waals surface area (Å²) in [6.07, 6.45) is 0. The maximum absolute atomic E-state index is 13.0. The molecule has 0 bridgehead atoms. The Labute approximate surface area is 153 Å². The molecule has 2 aliphatic heterocycles. The fraction of sp³-hybridized carbons (Fsp3) is 0.111. The molecule has 0 N–H and O–H groups in total. The Hall–Kier alpha value is -3.13. The van der Waals surface area contributed by atoms with E-state index in [0.717, 1.165) is 11.3 Å². The molecule has 0 radical (unpaired) electrons. The minimum Gasteiger partial charge on any atom is -0.314 e. The van der Waals surface area contributed by atoms with E-state index < -0.39 is 10.8 Å². The summed E-state index contributed by atoms with van der Waals surface area (Å²) in [5, 5.41) is 15.0. The van der Waals surface area contributed by atoms with Gasteiger partial charge in [-0.3, -0.25) is 0 Å². The molecule has 26 heavy (non-hydrogen) atoms. The highest BCUT2D eigenvalue weighted by molar-refractivity contribution is 8.02. The molecular weight excluding hydrogens is 350 g/mol. The molecule has 0 amide bonds. The smallest absolute Gasteiger partial charge is 0.314 e. The van der Waals surface area contributed by atoms with Crippen LogP contribution >= 0.6 is 11.8 Å². The van der Waals surface area contributed by atoms with Crippen LogP contribution in [0.25, 0.3) is 0 Å². The van der Waals surface area contributed by atoms with Crippen LogP contribution in [0.4, 0.5) is 5.69 Å². The molecule has 1 unspecified atom stereocenters. The second kappa shape index (κ2) is 5.43. The molecule has 0 saturated heterocycles. The molecule has 1 atom stereocenters. The first-order valence-corrected chi connectivity index (χ1v) is 8.85. The second-order valence-electron chi connectivity index (χ2n) is 5.92. The van der Waals surface area contributed by atoms with E-state index in [-0.39, 0.29) is 0 Å². The Morgan fingerprint density at radius 2 is 1.69 bits per heavy atom. The summed E-state index contributed by atoms with van der Waals surface area (Å²) in [6.45, 7) is 1.85. The molecule has 1 aromatic heterocycles. The highest BCUT2D eigenvalue weighted by atomic mass is 32.2. The van der Waals surface area contributed by atoms with E-state index in [4.69, 9.17) is 4.84 Å². The lowest BCUT2D eigenvalue weighted by molar-refractivity contribution is -0.142. The largest absolute Gasteiger partial charge is 0.379 e. The Bertz CT molecular complexity index is 1030. The van der Waals surface area contributed by atoms with E-state index >= 15 is 0 Å². The molecule has 128 valence electrons. The Kier molecular flexibility index (Phi) is 3.17. The standard InChI is InChI=1S/C18H13N5O2S/c1-12-19-20-17-22(12)23(14-10-6-3-7-11-14)18(26-17)15(21-25-16(18)24)13-8-4-2-5-9-13/h2-11H,1H3. The number of hydrogen-bond acceptors (Lipinski definition) is 7. The topological polar surface area (TPSA) is 72.6 Å². The Morgan fingerprint density at radius 1 is 1.00 bits per heavy atom. The SMILES string of the molecule is Cc1nnc2n1N(c1ccccc1)C1(S2)C(=O)ON=C1c1ccccc1. The highest BCUT2D eigenvalue weighted by Gasteiger charge is 2.62. The third-order valence-corrected chi connectivity index (χ3v) is 5.64. The van der Waals surface area contributed by atoms with Gasteiger partial charge in [0.15, 0.2) is 5.82 Å². The van der Waals surface area contributed by atoms with Crippen molar-refractivity contribution in [2.75, 3.05) is 5.01 Å². The van der Waals surface area contributed by atoms with E-state index in [0.29, 0.717) is 16.7 Å². The molecular formula is C18H13N5O2S. The van der Waals surface area contributed by atoms with Gasteiger partial charge in [0.25, 0.3) is 4.87 Å². The summed E-state index contributed by atoms with van der Waals surface area (Å²) in [7, 11) is 0. The van der Waals surface area contributed by atoms with Gasteiger partial charge >= 0.3 is 5.97 Å². The maximum atomic E-state index is 13.0. The lowest BCUT2D eigenvalue weighted by Crippen LogP contribution is -2.55. The number of nitrogens with zero attached hydrogens (tertiary/aromatic N) is 5. The van der Waals surface area contributed by atoms with Crippen molar-refractivity contribution >= 4 is 29.1 Å². The van der Waals surface area contributed by atoms with Crippen LogP contribution in [0.2, 0.25) is 0 Å². The molecule has 7 nitrogen and oxygen atoms in total. The summed E-state index contributed by atoms with van der Waals surface area (Å²) < 4.78 is 1.84. The first-order chi connectivity index (χ1) is 12.7. The van der Waals surface area contributed by atoms with Crippen LogP contribution < -0.4 is 5.01 Å². The van der Waals surface area contributed by atoms with E-state index in [1.54, 1.807) is 0 Å². The Balaban J connectivity index is 1.76. The maximum Gasteiger partial charge on any atom is 0.379 e. The number of fused-ring (bicyclic) bond motifs is 1. The van der Waals surface area contributed by atoms with Crippen molar-refractivity contribution in [3.05, 3.63) is 72.1 Å². The van der Waals surface area contributed by atoms with E-state index in [1.165, 1.54) is 11.8 Å². The fourth-order valence-electron chi connectivity index (χ4n) is 3.24. The van der Waals surface area contributed by atoms with Crippen molar-refractivity contribution in [3.8, 4) is 0 Å². The van der Waals surface area contributed by atoms with Gasteiger partial charge in [-0.25, -0.2) is 14.5 Å². The monoisotopic (exact) mass is 363 g/mol. The molecule has 0 saturated carbocycles. The minimum absolute atomic E-state index is 0.449. The fourth-order valence-corrected chi connectivity index (χ4v) is 4.54. The lowest BCUT2D eigenvalue weighted by Gasteiger charge is -2.33.